The number of fused-ring (bicyclic) bond motifs is 2. The molecule has 1 aromatic carbocycles. The van der Waals surface area contributed by atoms with Gasteiger partial charge in [0.25, 0.3) is 11.5 Å². The van der Waals surface area contributed by atoms with Gasteiger partial charge in [-0.15, -0.1) is 0 Å². The Morgan fingerprint density at radius 1 is 1.13 bits per heavy atom. The van der Waals surface area contributed by atoms with Gasteiger partial charge in [-0.1, -0.05) is 12.2 Å². The minimum absolute atomic E-state index is 0.0603. The first-order valence-corrected chi connectivity index (χ1v) is 13.5. The van der Waals surface area contributed by atoms with Crippen molar-refractivity contribution >= 4 is 76.7 Å². The maximum atomic E-state index is 12.3. The Kier molecular flexibility index (Phi) is 9.88. The zero-order valence-electron chi connectivity index (χ0n) is 23.2. The van der Waals surface area contributed by atoms with Gasteiger partial charge in [0.1, 0.15) is 11.6 Å². The Morgan fingerprint density at radius 3 is 2.51 bits per heavy atom. The number of hydrogen-bond donors (Lipinski definition) is 10. The van der Waals surface area contributed by atoms with E-state index in [0.29, 0.717) is 34.4 Å². The van der Waals surface area contributed by atoms with Crippen LogP contribution in [0.15, 0.2) is 35.4 Å². The number of hydrogen-bond acceptors (Lipinski definition) is 13. The summed E-state index contributed by atoms with van der Waals surface area (Å²) in [5.74, 6) is -2.72. The summed E-state index contributed by atoms with van der Waals surface area (Å²) < 4.78 is 0.439. The largest absolute Gasteiger partial charge is 0.481 e. The van der Waals surface area contributed by atoms with Crippen LogP contribution >= 0.6 is 12.2 Å². The number of benzene rings is 1. The lowest BCUT2D eigenvalue weighted by atomic mass is 10.1. The smallest absolute Gasteiger partial charge is 0.326 e. The molecule has 20 heteroatoms. The second-order valence-electron chi connectivity index (χ2n) is 9.50. The van der Waals surface area contributed by atoms with Crippen LogP contribution < -0.4 is 37.9 Å². The molecule has 0 saturated heterocycles. The lowest BCUT2D eigenvalue weighted by Crippen LogP contribution is -2.50. The van der Waals surface area contributed by atoms with Crippen LogP contribution in [0.3, 0.4) is 0 Å². The molecule has 5 rings (SSSR count). The number of nitrogens with one attached hydrogen (secondary N) is 6. The van der Waals surface area contributed by atoms with E-state index in [-0.39, 0.29) is 41.9 Å². The molecule has 45 heavy (non-hydrogen) atoms. The predicted octanol–water partition coefficient (Wildman–Crippen LogP) is -0.133. The highest BCUT2D eigenvalue weighted by Crippen LogP contribution is 2.25. The number of H-pyrrole nitrogens is 3. The number of carbonyl (C=O) groups is 4. The number of anilines is 5. The Labute approximate surface area is 257 Å². The zero-order chi connectivity index (χ0) is 32.7. The van der Waals surface area contributed by atoms with Crippen molar-refractivity contribution in [2.75, 3.05) is 40.1 Å². The molecular formula is C25H28N12O7S. The van der Waals surface area contributed by atoms with Crippen LogP contribution in [0.25, 0.3) is 11.2 Å². The van der Waals surface area contributed by atoms with Crippen molar-refractivity contribution in [3.8, 4) is 0 Å². The van der Waals surface area contributed by atoms with Crippen LogP contribution in [0.4, 0.5) is 29.1 Å². The molecule has 0 bridgehead atoms. The molecule has 0 fully saturated rings. The number of nitrogens with zero attached hydrogens (tertiary/aromatic N) is 4. The highest BCUT2D eigenvalue weighted by molar-refractivity contribution is 7.71. The summed E-state index contributed by atoms with van der Waals surface area (Å²) in [7, 11) is 0. The lowest BCUT2D eigenvalue weighted by Gasteiger charge is -2.34. The third-order valence-corrected chi connectivity index (χ3v) is 6.74. The topological polar surface area (TPSA) is 303 Å². The van der Waals surface area contributed by atoms with E-state index in [1.54, 1.807) is 12.1 Å². The van der Waals surface area contributed by atoms with Gasteiger partial charge in [-0.25, -0.2) is 14.8 Å². The Bertz CT molecular complexity index is 1840. The predicted molar refractivity (Wildman–Crippen MR) is 164 cm³/mol. The molecule has 4 heterocycles. The monoisotopic (exact) mass is 640 g/mol. The first kappa shape index (κ1) is 31.9. The maximum Gasteiger partial charge on any atom is 0.326 e. The van der Waals surface area contributed by atoms with Gasteiger partial charge in [0.05, 0.1) is 12.4 Å². The number of carbonyl (C=O) groups excluding carboxylic acids is 2. The highest BCUT2D eigenvalue weighted by Gasteiger charge is 2.30. The number of aliphatic carboxylic acids is 2. The molecule has 0 aliphatic carbocycles. The summed E-state index contributed by atoms with van der Waals surface area (Å²) in [5.41, 5.74) is 12.6. The fraction of sp³-hybridized carbons (Fsp3) is 0.240. The molecule has 236 valence electrons. The molecule has 2 amide bonds. The summed E-state index contributed by atoms with van der Waals surface area (Å²) in [6, 6.07) is 4.36. The van der Waals surface area contributed by atoms with Gasteiger partial charge in [0.2, 0.25) is 18.3 Å². The molecule has 0 unspecified atom stereocenters. The SMILES string of the molecule is Nc1nc(=S)c2[nH]cnc2[nH]1.Nc1nc2c(c(=O)[nH]1)N(C=O)[C@H](CNc1ccc(C(=O)N[C@H](CCC(=O)O)C(=O)O)cc1)CN2. The molecular weight excluding hydrogens is 612 g/mol. The van der Waals surface area contributed by atoms with E-state index in [0.717, 1.165) is 0 Å². The Balaban J connectivity index is 0.000000348. The van der Waals surface area contributed by atoms with Crippen LogP contribution in [0.5, 0.6) is 0 Å². The van der Waals surface area contributed by atoms with E-state index in [4.69, 9.17) is 28.8 Å². The van der Waals surface area contributed by atoms with Crippen molar-refractivity contribution in [1.82, 2.24) is 35.2 Å². The van der Waals surface area contributed by atoms with E-state index in [9.17, 15) is 29.1 Å². The third kappa shape index (κ3) is 7.87. The second-order valence-corrected chi connectivity index (χ2v) is 9.89. The number of aromatic amines is 3. The van der Waals surface area contributed by atoms with Crippen molar-refractivity contribution in [2.45, 2.75) is 24.9 Å². The number of carboxylic acids is 2. The van der Waals surface area contributed by atoms with Crippen molar-refractivity contribution < 1.29 is 29.4 Å². The third-order valence-electron chi connectivity index (χ3n) is 6.44. The summed E-state index contributed by atoms with van der Waals surface area (Å²) >= 11 is 4.91. The van der Waals surface area contributed by atoms with Gasteiger partial charge in [-0.2, -0.15) is 4.98 Å². The molecule has 0 radical (unpaired) electrons. The number of nitrogens with two attached hydrogens (primary N) is 2. The summed E-state index contributed by atoms with van der Waals surface area (Å²) in [5, 5.41) is 26.3. The van der Waals surface area contributed by atoms with Crippen LogP contribution in [0.1, 0.15) is 23.2 Å². The van der Waals surface area contributed by atoms with Crippen LogP contribution in [0.2, 0.25) is 0 Å². The van der Waals surface area contributed by atoms with Gasteiger partial charge >= 0.3 is 11.9 Å². The van der Waals surface area contributed by atoms with Crippen LogP contribution in [-0.2, 0) is 14.4 Å². The number of rotatable bonds is 10. The molecule has 3 aromatic heterocycles. The zero-order valence-corrected chi connectivity index (χ0v) is 24.1. The van der Waals surface area contributed by atoms with Gasteiger partial charge < -0.3 is 52.5 Å². The molecule has 0 spiro atoms. The molecule has 19 nitrogen and oxygen atoms in total. The van der Waals surface area contributed by atoms with E-state index in [1.807, 2.05) is 0 Å². The van der Waals surface area contributed by atoms with Gasteiger partial charge in [0.15, 0.2) is 21.8 Å². The molecule has 12 N–H and O–H groups in total. The fourth-order valence-corrected chi connectivity index (χ4v) is 4.51. The van der Waals surface area contributed by atoms with Crippen LogP contribution in [0, 0.1) is 4.64 Å². The summed E-state index contributed by atoms with van der Waals surface area (Å²) in [6.07, 6.45) is 1.44. The standard InChI is InChI=1S/C20H23N7O7.C5H5N5S/c21-20-25-16-15(18(32)26-20)27(9-28)12(8-23-16)7-22-11-3-1-10(2-4-11)17(31)24-13(19(33)34)5-6-14(29)30;6-5-9-3-2(4(11)10-5)7-1-8-3/h1-4,9,12-13,22H,5-8H2,(H,24,31)(H,29,30)(H,33,34)(H4,21,23,25,26,32);1H,(H4,6,7,8,9,10,11)/t12-,13-;/m1./s1. The number of aromatic nitrogens is 6. The summed E-state index contributed by atoms with van der Waals surface area (Å²) in [4.78, 5) is 79.1. The fourth-order valence-electron chi connectivity index (χ4n) is 4.26. The Morgan fingerprint density at radius 2 is 1.84 bits per heavy atom. The second kappa shape index (κ2) is 13.9. The number of nitrogen functional groups attached to an aromatic ring is 2. The molecule has 2 atom stereocenters. The molecule has 0 saturated carbocycles. The number of carboxylic acid groups (broad SMARTS) is 2. The van der Waals surface area contributed by atoms with Gasteiger partial charge in [-0.05, 0) is 30.7 Å². The first-order chi connectivity index (χ1) is 21.5. The Hall–Kier alpha value is -6.05. The maximum absolute atomic E-state index is 12.3. The molecule has 4 aromatic rings. The lowest BCUT2D eigenvalue weighted by molar-refractivity contribution is -0.140. The normalized spacial score (nSPS) is 14.2. The van der Waals surface area contributed by atoms with Crippen LogP contribution in [-0.4, -0.2) is 89.5 Å². The summed E-state index contributed by atoms with van der Waals surface area (Å²) in [6.45, 7) is 0.568. The minimum Gasteiger partial charge on any atom is -0.481 e. The minimum atomic E-state index is -1.33. The highest BCUT2D eigenvalue weighted by atomic mass is 32.1. The number of imidazole rings is 1. The van der Waals surface area contributed by atoms with E-state index in [2.05, 4.69) is 45.9 Å². The number of amides is 2. The van der Waals surface area contributed by atoms with Crippen molar-refractivity contribution in [2.24, 2.45) is 0 Å². The average molecular weight is 641 g/mol. The van der Waals surface area contributed by atoms with E-state index in [1.165, 1.54) is 23.4 Å². The molecule has 1 aliphatic rings. The van der Waals surface area contributed by atoms with Crippen molar-refractivity contribution in [1.29, 1.82) is 0 Å². The van der Waals surface area contributed by atoms with Crippen molar-refractivity contribution in [3.63, 3.8) is 0 Å². The quantitative estimate of drug-likeness (QED) is 0.0797. The average Bonchev–Trinajstić information content (AvgIpc) is 3.47. The van der Waals surface area contributed by atoms with Gasteiger partial charge in [0, 0.05) is 30.8 Å². The first-order valence-electron chi connectivity index (χ1n) is 13.1. The van der Waals surface area contributed by atoms with E-state index < -0.39 is 41.9 Å². The van der Waals surface area contributed by atoms with E-state index >= 15 is 0 Å². The molecule has 1 aliphatic heterocycles. The van der Waals surface area contributed by atoms with Crippen molar-refractivity contribution in [3.05, 3.63) is 51.2 Å². The van der Waals surface area contributed by atoms with Gasteiger partial charge in [-0.3, -0.25) is 24.2 Å².